The summed E-state index contributed by atoms with van der Waals surface area (Å²) in [5.74, 6) is 0.0131. The monoisotopic (exact) mass is 275 g/mol. The zero-order valence-electron chi connectivity index (χ0n) is 10.9. The summed E-state index contributed by atoms with van der Waals surface area (Å²) >= 11 is 1.38. The van der Waals surface area contributed by atoms with E-state index in [1.165, 1.54) is 24.2 Å². The Morgan fingerprint density at radius 3 is 2.84 bits per heavy atom. The Balaban J connectivity index is 1.94. The second kappa shape index (κ2) is 4.94. The molecule has 4 heteroatoms. The van der Waals surface area contributed by atoms with Crippen LogP contribution in [-0.4, -0.2) is 29.6 Å². The highest BCUT2D eigenvalue weighted by atomic mass is 32.1. The molecule has 19 heavy (non-hydrogen) atoms. The van der Waals surface area contributed by atoms with E-state index in [0.29, 0.717) is 4.88 Å². The lowest BCUT2D eigenvalue weighted by Gasteiger charge is -2.16. The molecule has 0 bridgehead atoms. The smallest absolute Gasteiger partial charge is 0.346 e. The van der Waals surface area contributed by atoms with Gasteiger partial charge in [-0.05, 0) is 42.8 Å². The molecule has 1 aliphatic carbocycles. The number of nitrogens with zero attached hydrogens (tertiary/aromatic N) is 1. The summed E-state index contributed by atoms with van der Waals surface area (Å²) < 4.78 is 1.06. The van der Waals surface area contributed by atoms with Crippen molar-refractivity contribution in [3.05, 3.63) is 34.7 Å². The molecule has 0 spiro atoms. The quantitative estimate of drug-likeness (QED) is 0.908. The number of rotatable bonds is 5. The highest BCUT2D eigenvalue weighted by Crippen LogP contribution is 2.34. The fourth-order valence-corrected chi connectivity index (χ4v) is 3.56. The van der Waals surface area contributed by atoms with Crippen LogP contribution in [0.15, 0.2) is 24.3 Å². The topological polar surface area (TPSA) is 40.5 Å². The Hall–Kier alpha value is -1.39. The van der Waals surface area contributed by atoms with Gasteiger partial charge in [-0.25, -0.2) is 4.79 Å². The summed E-state index contributed by atoms with van der Waals surface area (Å²) in [5.41, 5.74) is 0.969. The molecule has 0 unspecified atom stereocenters. The Morgan fingerprint density at radius 1 is 1.42 bits per heavy atom. The molecule has 2 aromatic rings. The van der Waals surface area contributed by atoms with Gasteiger partial charge in [-0.15, -0.1) is 11.3 Å². The maximum Gasteiger partial charge on any atom is 0.346 e. The summed E-state index contributed by atoms with van der Waals surface area (Å²) in [5, 5.41) is 10.5. The van der Waals surface area contributed by atoms with Gasteiger partial charge in [0.2, 0.25) is 0 Å². The summed E-state index contributed by atoms with van der Waals surface area (Å²) in [4.78, 5) is 14.1. The first-order chi connectivity index (χ1) is 9.15. The molecule has 1 heterocycles. The molecule has 0 amide bonds. The summed E-state index contributed by atoms with van der Waals surface area (Å²) in [6.07, 6.45) is 2.64. The van der Waals surface area contributed by atoms with Gasteiger partial charge in [-0.1, -0.05) is 18.2 Å². The zero-order valence-corrected chi connectivity index (χ0v) is 11.7. The number of carboxylic acid groups (broad SMARTS) is 1. The first-order valence-corrected chi connectivity index (χ1v) is 7.39. The van der Waals surface area contributed by atoms with E-state index in [2.05, 4.69) is 11.9 Å². The van der Waals surface area contributed by atoms with Crippen molar-refractivity contribution in [3.63, 3.8) is 0 Å². The molecule has 0 aliphatic heterocycles. The van der Waals surface area contributed by atoms with Crippen LogP contribution >= 0.6 is 11.3 Å². The van der Waals surface area contributed by atoms with E-state index >= 15 is 0 Å². The molecule has 1 aliphatic rings. The van der Waals surface area contributed by atoms with Crippen molar-refractivity contribution in [1.82, 2.24) is 4.90 Å². The number of fused-ring (bicyclic) bond motifs is 1. The number of hydrogen-bond donors (Lipinski definition) is 1. The first-order valence-electron chi connectivity index (χ1n) is 6.57. The van der Waals surface area contributed by atoms with Crippen LogP contribution in [0.4, 0.5) is 0 Å². The summed E-state index contributed by atoms with van der Waals surface area (Å²) in [6.45, 7) is 1.80. The van der Waals surface area contributed by atoms with Gasteiger partial charge < -0.3 is 10.0 Å². The minimum Gasteiger partial charge on any atom is -0.477 e. The average molecular weight is 275 g/mol. The van der Waals surface area contributed by atoms with Gasteiger partial charge in [0.05, 0.1) is 0 Å². The predicted molar refractivity (Wildman–Crippen MR) is 77.8 cm³/mol. The van der Waals surface area contributed by atoms with Crippen LogP contribution in [0, 0.1) is 5.92 Å². The van der Waals surface area contributed by atoms with Crippen LogP contribution in [0.5, 0.6) is 0 Å². The third-order valence-corrected chi connectivity index (χ3v) is 4.79. The van der Waals surface area contributed by atoms with Crippen LogP contribution in [0.3, 0.4) is 0 Å². The van der Waals surface area contributed by atoms with Crippen molar-refractivity contribution in [2.24, 2.45) is 5.92 Å². The molecule has 1 saturated carbocycles. The highest BCUT2D eigenvalue weighted by Gasteiger charge is 2.24. The van der Waals surface area contributed by atoms with Crippen LogP contribution in [-0.2, 0) is 6.54 Å². The normalized spacial score (nSPS) is 15.3. The van der Waals surface area contributed by atoms with E-state index in [1.54, 1.807) is 0 Å². The molecule has 1 aromatic heterocycles. The first kappa shape index (κ1) is 12.6. The standard InChI is InChI=1S/C15H17NO2S/c1-16(8-10-6-7-10)9-12-11-4-2-3-5-13(11)19-14(12)15(17)18/h2-5,10H,6-9H2,1H3,(H,17,18). The molecule has 3 rings (SSSR count). The van der Waals surface area contributed by atoms with E-state index in [1.807, 2.05) is 24.3 Å². The van der Waals surface area contributed by atoms with Crippen LogP contribution in [0.25, 0.3) is 10.1 Å². The van der Waals surface area contributed by atoms with Crippen molar-refractivity contribution >= 4 is 27.4 Å². The number of thiophene rings is 1. The minimum absolute atomic E-state index is 0.490. The van der Waals surface area contributed by atoms with E-state index in [-0.39, 0.29) is 0 Å². The van der Waals surface area contributed by atoms with Crippen molar-refractivity contribution < 1.29 is 9.90 Å². The van der Waals surface area contributed by atoms with E-state index in [4.69, 9.17) is 0 Å². The summed E-state index contributed by atoms with van der Waals surface area (Å²) in [6, 6.07) is 7.96. The minimum atomic E-state index is -0.809. The molecular formula is C15H17NO2S. The van der Waals surface area contributed by atoms with Crippen molar-refractivity contribution in [2.75, 3.05) is 13.6 Å². The molecule has 100 valence electrons. The zero-order chi connectivity index (χ0) is 13.4. The van der Waals surface area contributed by atoms with E-state index in [0.717, 1.165) is 34.7 Å². The number of hydrogen-bond acceptors (Lipinski definition) is 3. The van der Waals surface area contributed by atoms with E-state index < -0.39 is 5.97 Å². The lowest BCUT2D eigenvalue weighted by molar-refractivity contribution is 0.0700. The van der Waals surface area contributed by atoms with Crippen LogP contribution in [0.1, 0.15) is 28.1 Å². The van der Waals surface area contributed by atoms with Gasteiger partial charge in [-0.2, -0.15) is 0 Å². The molecule has 0 atom stereocenters. The number of carbonyl (C=O) groups is 1. The third kappa shape index (κ3) is 2.65. The van der Waals surface area contributed by atoms with Crippen molar-refractivity contribution in [3.8, 4) is 0 Å². The Labute approximate surface area is 116 Å². The van der Waals surface area contributed by atoms with Gasteiger partial charge in [0, 0.05) is 17.8 Å². The van der Waals surface area contributed by atoms with Gasteiger partial charge in [0.1, 0.15) is 4.88 Å². The Bertz CT molecular complexity index is 616. The number of carboxylic acids is 1. The molecule has 1 aromatic carbocycles. The van der Waals surface area contributed by atoms with Crippen LogP contribution in [0.2, 0.25) is 0 Å². The second-order valence-corrected chi connectivity index (χ2v) is 6.40. The van der Waals surface area contributed by atoms with Gasteiger partial charge in [0.15, 0.2) is 0 Å². The Kier molecular flexibility index (Phi) is 3.29. The highest BCUT2D eigenvalue weighted by molar-refractivity contribution is 7.21. The van der Waals surface area contributed by atoms with Gasteiger partial charge in [0.25, 0.3) is 0 Å². The number of benzene rings is 1. The summed E-state index contributed by atoms with van der Waals surface area (Å²) in [7, 11) is 2.08. The number of aromatic carboxylic acids is 1. The Morgan fingerprint density at radius 2 is 2.16 bits per heavy atom. The second-order valence-electron chi connectivity index (χ2n) is 5.35. The third-order valence-electron chi connectivity index (χ3n) is 3.59. The molecular weight excluding hydrogens is 258 g/mol. The lowest BCUT2D eigenvalue weighted by atomic mass is 10.1. The van der Waals surface area contributed by atoms with E-state index in [9.17, 15) is 9.90 Å². The fourth-order valence-electron chi connectivity index (χ4n) is 2.50. The molecule has 3 nitrogen and oxygen atoms in total. The average Bonchev–Trinajstić information content (AvgIpc) is 3.10. The molecule has 1 fully saturated rings. The van der Waals surface area contributed by atoms with Crippen molar-refractivity contribution in [1.29, 1.82) is 0 Å². The molecule has 0 radical (unpaired) electrons. The SMILES string of the molecule is CN(Cc1c(C(=O)O)sc2ccccc12)CC1CC1. The largest absolute Gasteiger partial charge is 0.477 e. The van der Waals surface area contributed by atoms with Crippen molar-refractivity contribution in [2.45, 2.75) is 19.4 Å². The van der Waals surface area contributed by atoms with Gasteiger partial charge >= 0.3 is 5.97 Å². The predicted octanol–water partition coefficient (Wildman–Crippen LogP) is 3.44. The molecule has 0 saturated heterocycles. The maximum absolute atomic E-state index is 11.4. The fraction of sp³-hybridized carbons (Fsp3) is 0.400. The lowest BCUT2D eigenvalue weighted by Crippen LogP contribution is -2.21. The molecule has 1 N–H and O–H groups in total. The van der Waals surface area contributed by atoms with Gasteiger partial charge in [-0.3, -0.25) is 0 Å². The van der Waals surface area contributed by atoms with Crippen LogP contribution < -0.4 is 0 Å². The maximum atomic E-state index is 11.4.